The fourth-order valence-electron chi connectivity index (χ4n) is 4.59. The van der Waals surface area contributed by atoms with Gasteiger partial charge in [-0.25, -0.2) is 9.78 Å². The number of carbonyl (C=O) groups is 3. The number of nitrogens with one attached hydrogen (secondary N) is 2. The van der Waals surface area contributed by atoms with Crippen LogP contribution >= 0.6 is 11.8 Å². The van der Waals surface area contributed by atoms with Crippen molar-refractivity contribution in [1.82, 2.24) is 20.2 Å². The van der Waals surface area contributed by atoms with E-state index in [9.17, 15) is 24.6 Å². The van der Waals surface area contributed by atoms with Crippen LogP contribution in [0.15, 0.2) is 34.9 Å². The Hall–Kier alpha value is -2.63. The third-order valence-corrected chi connectivity index (χ3v) is 7.81. The first-order valence-corrected chi connectivity index (χ1v) is 12.0. The first-order valence-electron chi connectivity index (χ1n) is 11.1. The van der Waals surface area contributed by atoms with Gasteiger partial charge in [0.05, 0.1) is 38.9 Å². The third kappa shape index (κ3) is 4.77. The summed E-state index contributed by atoms with van der Waals surface area (Å²) in [6, 6.07) is -0.935. The van der Waals surface area contributed by atoms with Crippen molar-refractivity contribution in [2.75, 3.05) is 21.1 Å². The highest BCUT2D eigenvalue weighted by Gasteiger charge is 2.62. The highest BCUT2D eigenvalue weighted by atomic mass is 32.2. The second kappa shape index (κ2) is 9.20. The van der Waals surface area contributed by atoms with Gasteiger partial charge in [-0.05, 0) is 27.7 Å². The molecular weight excluding hydrogens is 458 g/mol. The molecule has 1 aromatic heterocycles. The standard InChI is InChI=1S/C23H33N5O5S/c1-12(2)8-18(30)26-17-10-16(29)23(4)20(31)19(13(3)27(17)23)34-22-24-11-14(25-22)9-15(21(32)33)28(5,6)7/h8,10-11,13,15,19-20,31H,9H2,1-7H3,(H2-,24,25,26,29,30,32,33)/p+1/t13-,15-,19-,20+,23+/m0/s1. The summed E-state index contributed by atoms with van der Waals surface area (Å²) in [5.41, 5.74) is 0.315. The van der Waals surface area contributed by atoms with Crippen LogP contribution in [-0.4, -0.2) is 97.3 Å². The Balaban J connectivity index is 1.78. The molecule has 0 saturated carbocycles. The van der Waals surface area contributed by atoms with Crippen molar-refractivity contribution in [1.29, 1.82) is 0 Å². The first kappa shape index (κ1) is 26.0. The zero-order valence-corrected chi connectivity index (χ0v) is 21.4. The molecule has 1 aromatic rings. The zero-order valence-electron chi connectivity index (χ0n) is 20.6. The average molecular weight is 493 g/mol. The Morgan fingerprint density at radius 2 is 2.03 bits per heavy atom. The molecule has 34 heavy (non-hydrogen) atoms. The Kier molecular flexibility index (Phi) is 7.03. The predicted molar refractivity (Wildman–Crippen MR) is 128 cm³/mol. The topological polar surface area (TPSA) is 136 Å². The van der Waals surface area contributed by atoms with Crippen LogP contribution in [-0.2, 0) is 20.8 Å². The minimum absolute atomic E-state index is 0.262. The van der Waals surface area contributed by atoms with Gasteiger partial charge in [0.2, 0.25) is 5.91 Å². The number of aromatic amines is 1. The third-order valence-electron chi connectivity index (χ3n) is 6.45. The second-order valence-corrected chi connectivity index (χ2v) is 11.4. The molecule has 2 aliphatic rings. The summed E-state index contributed by atoms with van der Waals surface area (Å²) < 4.78 is 0.262. The number of aliphatic hydroxyl groups excluding tert-OH is 1. The van der Waals surface area contributed by atoms with Gasteiger partial charge >= 0.3 is 5.97 Å². The van der Waals surface area contributed by atoms with Crippen LogP contribution < -0.4 is 5.32 Å². The van der Waals surface area contributed by atoms with Gasteiger partial charge in [0, 0.05) is 30.1 Å². The molecule has 0 aliphatic carbocycles. The van der Waals surface area contributed by atoms with Crippen LogP contribution in [0.4, 0.5) is 0 Å². The van der Waals surface area contributed by atoms with Crippen LogP contribution in [0.5, 0.6) is 0 Å². The average Bonchev–Trinajstić information content (AvgIpc) is 3.29. The van der Waals surface area contributed by atoms with Gasteiger partial charge in [0.15, 0.2) is 17.0 Å². The Morgan fingerprint density at radius 3 is 2.59 bits per heavy atom. The predicted octanol–water partition coefficient (Wildman–Crippen LogP) is 0.903. The molecule has 10 nitrogen and oxygen atoms in total. The quantitative estimate of drug-likeness (QED) is 0.311. The number of aliphatic carboxylic acids is 1. The van der Waals surface area contributed by atoms with Crippen molar-refractivity contribution >= 4 is 29.4 Å². The van der Waals surface area contributed by atoms with Gasteiger partial charge in [-0.15, -0.1) is 0 Å². The van der Waals surface area contributed by atoms with Gasteiger partial charge in [-0.3, -0.25) is 9.59 Å². The number of carboxylic acid groups (broad SMARTS) is 1. The highest BCUT2D eigenvalue weighted by molar-refractivity contribution is 7.99. The van der Waals surface area contributed by atoms with E-state index in [1.807, 2.05) is 41.9 Å². The summed E-state index contributed by atoms with van der Waals surface area (Å²) in [5.74, 6) is -1.12. The summed E-state index contributed by atoms with van der Waals surface area (Å²) in [6.45, 7) is 7.19. The number of fused-ring (bicyclic) bond motifs is 1. The van der Waals surface area contributed by atoms with Crippen molar-refractivity contribution in [2.45, 2.75) is 68.2 Å². The number of likely N-dealkylation sites (N-methyl/N-ethyl adjacent to an activating group) is 1. The van der Waals surface area contributed by atoms with E-state index in [0.29, 0.717) is 16.7 Å². The van der Waals surface area contributed by atoms with E-state index in [1.165, 1.54) is 23.9 Å². The number of aliphatic hydroxyl groups is 1. The molecule has 3 rings (SSSR count). The Morgan fingerprint density at radius 1 is 1.38 bits per heavy atom. The van der Waals surface area contributed by atoms with Crippen LogP contribution in [0.1, 0.15) is 33.4 Å². The number of H-pyrrole nitrogens is 1. The zero-order chi connectivity index (χ0) is 25.6. The van der Waals surface area contributed by atoms with E-state index in [4.69, 9.17) is 0 Å². The monoisotopic (exact) mass is 492 g/mol. The first-order chi connectivity index (χ1) is 15.7. The SMILES string of the molecule is CC(C)=CC(=O)NC1=CC(=O)[C@]2(C)[C@H](O)[C@@H](Sc3ncc(C[C@@H](C(=O)O)[N+](C)(C)C)[nH]3)[C@H](C)N12. The fraction of sp³-hybridized carbons (Fsp3) is 0.565. The molecule has 0 spiro atoms. The number of imidazole rings is 1. The molecule has 0 radical (unpaired) electrons. The summed E-state index contributed by atoms with van der Waals surface area (Å²) in [4.78, 5) is 46.2. The lowest BCUT2D eigenvalue weighted by Gasteiger charge is -2.34. The molecule has 2 aliphatic heterocycles. The number of nitrogens with zero attached hydrogens (tertiary/aromatic N) is 3. The maximum atomic E-state index is 12.9. The van der Waals surface area contributed by atoms with E-state index < -0.39 is 28.9 Å². The number of ketones is 1. The number of quaternary nitrogens is 1. The van der Waals surface area contributed by atoms with Gasteiger partial charge in [-0.2, -0.15) is 0 Å². The van der Waals surface area contributed by atoms with Crippen LogP contribution in [0.25, 0.3) is 0 Å². The van der Waals surface area contributed by atoms with Gasteiger partial charge in [0.1, 0.15) is 11.4 Å². The number of rotatable bonds is 8. The van der Waals surface area contributed by atoms with E-state index in [2.05, 4.69) is 15.3 Å². The number of amides is 1. The number of hydrogen-bond donors (Lipinski definition) is 4. The minimum atomic E-state index is -1.20. The molecule has 0 bridgehead atoms. The van der Waals surface area contributed by atoms with Gasteiger partial charge in [0.25, 0.3) is 0 Å². The van der Waals surface area contributed by atoms with Gasteiger partial charge in [-0.1, -0.05) is 17.3 Å². The molecule has 1 amide bonds. The lowest BCUT2D eigenvalue weighted by atomic mass is 9.92. The molecule has 0 aromatic carbocycles. The summed E-state index contributed by atoms with van der Waals surface area (Å²) in [5, 5.41) is 23.7. The maximum absolute atomic E-state index is 12.9. The number of allylic oxidation sites excluding steroid dienone is 1. The lowest BCUT2D eigenvalue weighted by Crippen LogP contribution is -2.52. The van der Waals surface area contributed by atoms with E-state index >= 15 is 0 Å². The number of carbonyl (C=O) groups excluding carboxylic acids is 2. The number of thioether (sulfide) groups is 1. The van der Waals surface area contributed by atoms with E-state index in [-0.39, 0.29) is 28.6 Å². The molecule has 11 heteroatoms. The number of aromatic nitrogens is 2. The smallest absolute Gasteiger partial charge is 0.362 e. The van der Waals surface area contributed by atoms with Crippen molar-refractivity contribution in [3.63, 3.8) is 0 Å². The summed E-state index contributed by atoms with van der Waals surface area (Å²) in [7, 11) is 5.48. The van der Waals surface area contributed by atoms with Crippen molar-refractivity contribution in [3.05, 3.63) is 35.4 Å². The lowest BCUT2D eigenvalue weighted by molar-refractivity contribution is -0.887. The number of carboxylic acids is 1. The van der Waals surface area contributed by atoms with E-state index in [1.54, 1.807) is 18.0 Å². The highest BCUT2D eigenvalue weighted by Crippen LogP contribution is 2.47. The second-order valence-electron chi connectivity index (χ2n) is 10.3. The maximum Gasteiger partial charge on any atom is 0.362 e. The van der Waals surface area contributed by atoms with Crippen molar-refractivity contribution in [3.8, 4) is 0 Å². The van der Waals surface area contributed by atoms with E-state index in [0.717, 1.165) is 5.57 Å². The van der Waals surface area contributed by atoms with Crippen LogP contribution in [0.2, 0.25) is 0 Å². The molecule has 1 saturated heterocycles. The molecule has 1 fully saturated rings. The van der Waals surface area contributed by atoms with Crippen molar-refractivity contribution in [2.24, 2.45) is 0 Å². The molecular formula is C23H34N5O5S+. The number of hydrogen-bond acceptors (Lipinski definition) is 7. The molecule has 186 valence electrons. The molecule has 5 atom stereocenters. The van der Waals surface area contributed by atoms with Crippen LogP contribution in [0, 0.1) is 0 Å². The van der Waals surface area contributed by atoms with Crippen molar-refractivity contribution < 1.29 is 29.1 Å². The largest absolute Gasteiger partial charge is 0.477 e. The minimum Gasteiger partial charge on any atom is -0.477 e. The normalized spacial score (nSPS) is 27.3. The Bertz CT molecular complexity index is 1050. The fourth-order valence-corrected chi connectivity index (χ4v) is 5.86. The van der Waals surface area contributed by atoms with Gasteiger partial charge < -0.3 is 29.9 Å². The Labute approximate surface area is 203 Å². The molecule has 3 heterocycles. The molecule has 4 N–H and O–H groups in total. The van der Waals surface area contributed by atoms with Crippen LogP contribution in [0.3, 0.4) is 0 Å². The molecule has 0 unspecified atom stereocenters. The summed E-state index contributed by atoms with van der Waals surface area (Å²) in [6.07, 6.45) is 3.70. The summed E-state index contributed by atoms with van der Waals surface area (Å²) >= 11 is 1.31.